The van der Waals surface area contributed by atoms with Crippen LogP contribution >= 0.6 is 23.4 Å². The van der Waals surface area contributed by atoms with Crippen molar-refractivity contribution in [2.24, 2.45) is 0 Å². The Morgan fingerprint density at radius 3 is 2.75 bits per heavy atom. The lowest BCUT2D eigenvalue weighted by Gasteiger charge is -2.17. The van der Waals surface area contributed by atoms with E-state index in [-0.39, 0.29) is 17.7 Å². The molecule has 1 unspecified atom stereocenters. The predicted molar refractivity (Wildman–Crippen MR) is 74.3 cm³/mol. The molecule has 1 fully saturated rings. The van der Waals surface area contributed by atoms with Crippen LogP contribution in [0.25, 0.3) is 11.2 Å². The van der Waals surface area contributed by atoms with Crippen molar-refractivity contribution >= 4 is 40.3 Å². The summed E-state index contributed by atoms with van der Waals surface area (Å²) in [5.41, 5.74) is 6.47. The van der Waals surface area contributed by atoms with E-state index in [9.17, 15) is 15.3 Å². The number of aromatic nitrogens is 4. The maximum atomic E-state index is 10.1. The van der Waals surface area contributed by atoms with E-state index in [1.165, 1.54) is 18.1 Å². The highest BCUT2D eigenvalue weighted by Gasteiger charge is 2.43. The van der Waals surface area contributed by atoms with Gasteiger partial charge in [0.05, 0.1) is 24.3 Å². The first-order chi connectivity index (χ1) is 9.52. The fourth-order valence-electron chi connectivity index (χ4n) is 2.21. The zero-order valence-electron chi connectivity index (χ0n) is 10.1. The molecule has 0 spiro atoms. The summed E-state index contributed by atoms with van der Waals surface area (Å²) in [4.78, 5) is 12.0. The summed E-state index contributed by atoms with van der Waals surface area (Å²) in [5, 5.41) is 28.1. The van der Waals surface area contributed by atoms with Gasteiger partial charge >= 0.3 is 0 Å². The molecule has 8 nitrogen and oxygen atoms in total. The van der Waals surface area contributed by atoms with Gasteiger partial charge in [0.2, 0.25) is 5.28 Å². The molecular weight excluding hydrogens is 306 g/mol. The molecule has 4 atom stereocenters. The topological polar surface area (TPSA) is 130 Å². The number of anilines is 1. The van der Waals surface area contributed by atoms with Crippen LogP contribution in [0, 0.1) is 0 Å². The SMILES string of the molecule is Nc1nc(Cl)nc2c1ncn2C1S[C@@H](CO)[C@@H](O)[C@@H]1O. The van der Waals surface area contributed by atoms with Crippen LogP contribution in [-0.2, 0) is 0 Å². The summed E-state index contributed by atoms with van der Waals surface area (Å²) in [6.07, 6.45) is -0.619. The number of imidazole rings is 1. The third-order valence-electron chi connectivity index (χ3n) is 3.21. The number of nitrogens with two attached hydrogens (primary N) is 1. The minimum absolute atomic E-state index is 0.0199. The van der Waals surface area contributed by atoms with Crippen molar-refractivity contribution in [2.75, 3.05) is 12.3 Å². The molecule has 10 heteroatoms. The predicted octanol–water partition coefficient (Wildman–Crippen LogP) is -0.610. The number of hydrogen-bond donors (Lipinski definition) is 4. The van der Waals surface area contributed by atoms with E-state index < -0.39 is 22.8 Å². The lowest BCUT2D eigenvalue weighted by Crippen LogP contribution is -2.32. The molecule has 0 aromatic carbocycles. The van der Waals surface area contributed by atoms with Crippen molar-refractivity contribution in [2.45, 2.75) is 22.8 Å². The van der Waals surface area contributed by atoms with Crippen LogP contribution in [0.4, 0.5) is 5.82 Å². The number of nitrogens with zero attached hydrogens (tertiary/aromatic N) is 4. The van der Waals surface area contributed by atoms with Crippen molar-refractivity contribution < 1.29 is 15.3 Å². The standard InChI is InChI=1S/C10H12ClN5O3S/c11-10-14-7(12)4-8(15-10)16(2-13-4)9-6(19)5(18)3(1-17)20-9/h2-3,5-6,9,17-19H,1H2,(H2,12,14,15)/t3-,5+,6-,9?/m0/s1. The Morgan fingerprint density at radius 2 is 2.10 bits per heavy atom. The van der Waals surface area contributed by atoms with Gasteiger partial charge < -0.3 is 21.1 Å². The third-order valence-corrected chi connectivity index (χ3v) is 4.94. The molecule has 0 bridgehead atoms. The van der Waals surface area contributed by atoms with Gasteiger partial charge in [0.25, 0.3) is 0 Å². The van der Waals surface area contributed by atoms with E-state index in [0.717, 1.165) is 0 Å². The van der Waals surface area contributed by atoms with Crippen molar-refractivity contribution in [1.29, 1.82) is 0 Å². The van der Waals surface area contributed by atoms with Crippen molar-refractivity contribution in [3.8, 4) is 0 Å². The molecule has 1 saturated heterocycles. The monoisotopic (exact) mass is 317 g/mol. The molecule has 3 heterocycles. The number of aliphatic hydroxyl groups is 3. The maximum Gasteiger partial charge on any atom is 0.226 e. The average Bonchev–Trinajstić information content (AvgIpc) is 2.93. The lowest BCUT2D eigenvalue weighted by molar-refractivity contribution is 0.0113. The maximum absolute atomic E-state index is 10.1. The molecule has 0 radical (unpaired) electrons. The van der Waals surface area contributed by atoms with Crippen LogP contribution in [0.3, 0.4) is 0 Å². The quantitative estimate of drug-likeness (QED) is 0.540. The number of rotatable bonds is 2. The Hall–Kier alpha value is -1.13. The number of halogens is 1. The van der Waals surface area contributed by atoms with E-state index in [4.69, 9.17) is 17.3 Å². The number of aliphatic hydroxyl groups excluding tert-OH is 3. The average molecular weight is 318 g/mol. The molecule has 20 heavy (non-hydrogen) atoms. The van der Waals surface area contributed by atoms with Gasteiger partial charge in [-0.3, -0.25) is 4.57 Å². The van der Waals surface area contributed by atoms with Crippen molar-refractivity contribution in [1.82, 2.24) is 19.5 Å². The zero-order chi connectivity index (χ0) is 14.4. The highest BCUT2D eigenvalue weighted by atomic mass is 35.5. The van der Waals surface area contributed by atoms with Crippen molar-refractivity contribution in [3.05, 3.63) is 11.6 Å². The lowest BCUT2D eigenvalue weighted by atomic mass is 10.1. The highest BCUT2D eigenvalue weighted by Crippen LogP contribution is 2.42. The zero-order valence-corrected chi connectivity index (χ0v) is 11.7. The van der Waals surface area contributed by atoms with Gasteiger partial charge in [0.15, 0.2) is 11.5 Å². The number of fused-ring (bicyclic) bond motifs is 1. The summed E-state index contributed by atoms with van der Waals surface area (Å²) in [7, 11) is 0. The number of nitrogen functional groups attached to an aromatic ring is 1. The van der Waals surface area contributed by atoms with Gasteiger partial charge in [-0.05, 0) is 11.6 Å². The normalized spacial score (nSPS) is 30.2. The molecule has 0 amide bonds. The van der Waals surface area contributed by atoms with Gasteiger partial charge in [-0.1, -0.05) is 0 Å². The van der Waals surface area contributed by atoms with Crippen LogP contribution < -0.4 is 5.73 Å². The summed E-state index contributed by atoms with van der Waals surface area (Å²) >= 11 is 7.02. The van der Waals surface area contributed by atoms with Crippen LogP contribution in [0.1, 0.15) is 5.37 Å². The Morgan fingerprint density at radius 1 is 1.35 bits per heavy atom. The van der Waals surface area contributed by atoms with Crippen LogP contribution in [0.5, 0.6) is 0 Å². The molecule has 5 N–H and O–H groups in total. The summed E-state index contributed by atoms with van der Waals surface area (Å²) < 4.78 is 1.58. The van der Waals surface area contributed by atoms with Gasteiger partial charge in [-0.2, -0.15) is 9.97 Å². The molecule has 1 aliphatic rings. The minimum Gasteiger partial charge on any atom is -0.395 e. The smallest absolute Gasteiger partial charge is 0.226 e. The second-order valence-electron chi connectivity index (χ2n) is 4.43. The molecule has 108 valence electrons. The largest absolute Gasteiger partial charge is 0.395 e. The molecule has 1 aliphatic heterocycles. The van der Waals surface area contributed by atoms with Gasteiger partial charge in [-0.15, -0.1) is 11.8 Å². The Bertz CT molecular complexity index is 653. The van der Waals surface area contributed by atoms with Gasteiger partial charge in [0, 0.05) is 0 Å². The first-order valence-electron chi connectivity index (χ1n) is 5.81. The number of thioether (sulfide) groups is 1. The van der Waals surface area contributed by atoms with Crippen LogP contribution in [0.2, 0.25) is 5.28 Å². The first-order valence-corrected chi connectivity index (χ1v) is 7.13. The highest BCUT2D eigenvalue weighted by molar-refractivity contribution is 8.00. The fourth-order valence-corrected chi connectivity index (χ4v) is 3.75. The molecule has 2 aromatic heterocycles. The minimum atomic E-state index is -1.05. The van der Waals surface area contributed by atoms with E-state index in [2.05, 4.69) is 15.0 Å². The Kier molecular flexibility index (Phi) is 3.46. The van der Waals surface area contributed by atoms with Gasteiger partial charge in [-0.25, -0.2) is 4.98 Å². The van der Waals surface area contributed by atoms with Crippen molar-refractivity contribution in [3.63, 3.8) is 0 Å². The third kappa shape index (κ3) is 2.02. The molecule has 0 aliphatic carbocycles. The number of hydrogen-bond acceptors (Lipinski definition) is 8. The first kappa shape index (κ1) is 13.8. The second kappa shape index (κ2) is 5.01. The van der Waals surface area contributed by atoms with E-state index >= 15 is 0 Å². The second-order valence-corrected chi connectivity index (χ2v) is 6.13. The summed E-state index contributed by atoms with van der Waals surface area (Å²) in [6, 6.07) is 0. The Balaban J connectivity index is 2.07. The fraction of sp³-hybridized carbons (Fsp3) is 0.500. The summed E-state index contributed by atoms with van der Waals surface area (Å²) in [6.45, 7) is -0.232. The van der Waals surface area contributed by atoms with Crippen LogP contribution in [0.15, 0.2) is 6.33 Å². The molecular formula is C10H12ClN5O3S. The van der Waals surface area contributed by atoms with E-state index in [1.54, 1.807) is 4.57 Å². The summed E-state index contributed by atoms with van der Waals surface area (Å²) in [5.74, 6) is 0.149. The van der Waals surface area contributed by atoms with E-state index in [0.29, 0.717) is 11.2 Å². The molecule has 0 saturated carbocycles. The van der Waals surface area contributed by atoms with Crippen LogP contribution in [-0.4, -0.2) is 58.9 Å². The van der Waals surface area contributed by atoms with E-state index in [1.807, 2.05) is 0 Å². The molecule has 2 aromatic rings. The Labute approximate surface area is 122 Å². The molecule has 3 rings (SSSR count). The van der Waals surface area contributed by atoms with Gasteiger partial charge in [0.1, 0.15) is 17.0 Å².